The molecule has 0 aliphatic rings. The van der Waals surface area contributed by atoms with Crippen LogP contribution in [0.25, 0.3) is 11.4 Å². The molecule has 0 bridgehead atoms. The van der Waals surface area contributed by atoms with E-state index in [0.717, 1.165) is 45.8 Å². The maximum absolute atomic E-state index is 4.44. The van der Waals surface area contributed by atoms with Crippen LogP contribution in [-0.2, 0) is 0 Å². The lowest BCUT2D eigenvalue weighted by molar-refractivity contribution is 0.798. The van der Waals surface area contributed by atoms with Crippen LogP contribution in [0.5, 0.6) is 0 Å². The van der Waals surface area contributed by atoms with E-state index >= 15 is 0 Å². The number of aromatic nitrogens is 8. The topological polar surface area (TPSA) is 112 Å². The highest BCUT2D eigenvalue weighted by atomic mass is 15.5. The van der Waals surface area contributed by atoms with Crippen molar-refractivity contribution >= 4 is 12.4 Å². The predicted molar refractivity (Wildman–Crippen MR) is 112 cm³/mol. The Morgan fingerprint density at radius 3 is 1.37 bits per heavy atom. The van der Waals surface area contributed by atoms with Crippen molar-refractivity contribution in [3.8, 4) is 11.4 Å². The summed E-state index contributed by atoms with van der Waals surface area (Å²) >= 11 is 0. The number of hydrogen-bond acceptors (Lipinski definition) is 8. The molecule has 30 heavy (non-hydrogen) atoms. The van der Waals surface area contributed by atoms with Crippen molar-refractivity contribution in [2.45, 2.75) is 27.7 Å². The maximum Gasteiger partial charge on any atom is 0.151 e. The molecule has 150 valence electrons. The van der Waals surface area contributed by atoms with Crippen LogP contribution in [0, 0.1) is 27.7 Å². The third-order valence-electron chi connectivity index (χ3n) is 4.38. The van der Waals surface area contributed by atoms with Crippen molar-refractivity contribution in [2.24, 2.45) is 10.2 Å². The van der Waals surface area contributed by atoms with Gasteiger partial charge in [-0.2, -0.15) is 10.2 Å². The highest BCUT2D eigenvalue weighted by Crippen LogP contribution is 2.16. The van der Waals surface area contributed by atoms with Gasteiger partial charge in [0.1, 0.15) is 0 Å². The molecule has 0 N–H and O–H groups in total. The second-order valence-corrected chi connectivity index (χ2v) is 6.65. The van der Waals surface area contributed by atoms with Gasteiger partial charge in [-0.05, 0) is 63.1 Å². The molecule has 10 heteroatoms. The average molecular weight is 400 g/mol. The van der Waals surface area contributed by atoms with E-state index in [-0.39, 0.29) is 0 Å². The normalized spacial score (nSPS) is 11.7. The van der Waals surface area contributed by atoms with E-state index in [1.165, 1.54) is 0 Å². The molecule has 0 saturated heterocycles. The zero-order valence-corrected chi connectivity index (χ0v) is 17.1. The smallest absolute Gasteiger partial charge is 0.151 e. The number of rotatable bonds is 5. The summed E-state index contributed by atoms with van der Waals surface area (Å²) in [6.45, 7) is 7.43. The highest BCUT2D eigenvalue weighted by molar-refractivity contribution is 5.83. The Labute approximate surface area is 173 Å². The Morgan fingerprint density at radius 1 is 0.633 bits per heavy atom. The van der Waals surface area contributed by atoms with Crippen LogP contribution in [0.1, 0.15) is 34.4 Å². The van der Waals surface area contributed by atoms with Crippen LogP contribution >= 0.6 is 0 Å². The van der Waals surface area contributed by atoms with Crippen molar-refractivity contribution in [1.29, 1.82) is 0 Å². The minimum atomic E-state index is 0.727. The minimum Gasteiger partial charge on any atom is -0.255 e. The molecule has 0 fully saturated rings. The molecular weight excluding hydrogens is 380 g/mol. The lowest BCUT2D eigenvalue weighted by atomic mass is 10.1. The van der Waals surface area contributed by atoms with Gasteiger partial charge in [0.25, 0.3) is 0 Å². The van der Waals surface area contributed by atoms with E-state index in [9.17, 15) is 0 Å². The van der Waals surface area contributed by atoms with Crippen LogP contribution in [0.3, 0.4) is 0 Å². The van der Waals surface area contributed by atoms with Crippen LogP contribution in [0.4, 0.5) is 0 Å². The van der Waals surface area contributed by atoms with E-state index in [2.05, 4.69) is 40.6 Å². The first-order valence-electron chi connectivity index (χ1n) is 9.29. The molecule has 0 aliphatic heterocycles. The SMILES string of the molecule is Cc1nnc(C)n1/N=C/c1ccnc(-c2cc(/C=N/n3c(C)nnc3C)ccn2)c1. The molecule has 0 unspecified atom stereocenters. The standard InChI is InChI=1S/C20H20N10/c1-13-25-26-14(2)29(13)23-11-17-5-7-21-19(9-17)20-10-18(6-8-22-20)12-24-30-15(3)27-28-16(30)4/h5-12H,1-4H3/b23-11+,24-12+. The van der Waals surface area contributed by atoms with Crippen molar-refractivity contribution in [3.05, 3.63) is 71.1 Å². The van der Waals surface area contributed by atoms with Crippen LogP contribution in [0.15, 0.2) is 46.9 Å². The fraction of sp³-hybridized carbons (Fsp3) is 0.200. The van der Waals surface area contributed by atoms with Gasteiger partial charge in [0.15, 0.2) is 23.3 Å². The molecule has 4 rings (SSSR count). The molecular formula is C20H20N10. The second kappa shape index (κ2) is 8.11. The number of hydrogen-bond donors (Lipinski definition) is 0. The maximum atomic E-state index is 4.44. The molecule has 0 amide bonds. The Hall–Kier alpha value is -4.08. The summed E-state index contributed by atoms with van der Waals surface area (Å²) in [6.07, 6.45) is 6.96. The van der Waals surface area contributed by atoms with Crippen LogP contribution < -0.4 is 0 Å². The molecule has 0 atom stereocenters. The quantitative estimate of drug-likeness (QED) is 0.475. The summed E-state index contributed by atoms with van der Waals surface area (Å²) in [5, 5.41) is 24.9. The summed E-state index contributed by atoms with van der Waals surface area (Å²) in [5.74, 6) is 2.91. The summed E-state index contributed by atoms with van der Waals surface area (Å²) in [5.41, 5.74) is 3.26. The molecule has 0 aliphatic carbocycles. The zero-order chi connectivity index (χ0) is 21.1. The summed E-state index contributed by atoms with van der Waals surface area (Å²) in [7, 11) is 0. The summed E-state index contributed by atoms with van der Waals surface area (Å²) in [6, 6.07) is 7.61. The van der Waals surface area contributed by atoms with Gasteiger partial charge in [0.2, 0.25) is 0 Å². The van der Waals surface area contributed by atoms with Crippen molar-refractivity contribution in [1.82, 2.24) is 39.7 Å². The van der Waals surface area contributed by atoms with Crippen molar-refractivity contribution < 1.29 is 0 Å². The molecule has 4 aromatic heterocycles. The Balaban J connectivity index is 1.59. The number of nitrogens with zero attached hydrogens (tertiary/aromatic N) is 10. The van der Waals surface area contributed by atoms with Gasteiger partial charge in [-0.1, -0.05) is 0 Å². The Kier molecular flexibility index (Phi) is 5.21. The molecule has 10 nitrogen and oxygen atoms in total. The van der Waals surface area contributed by atoms with E-state index in [4.69, 9.17) is 0 Å². The second-order valence-electron chi connectivity index (χ2n) is 6.65. The third kappa shape index (κ3) is 4.02. The van der Waals surface area contributed by atoms with E-state index < -0.39 is 0 Å². The van der Waals surface area contributed by atoms with Gasteiger partial charge in [0, 0.05) is 12.4 Å². The number of aryl methyl sites for hydroxylation is 4. The van der Waals surface area contributed by atoms with Gasteiger partial charge in [-0.3, -0.25) is 9.97 Å². The molecule has 4 heterocycles. The highest BCUT2D eigenvalue weighted by Gasteiger charge is 2.05. The van der Waals surface area contributed by atoms with Gasteiger partial charge in [-0.15, -0.1) is 20.4 Å². The monoisotopic (exact) mass is 400 g/mol. The predicted octanol–water partition coefficient (Wildman–Crippen LogP) is 2.32. The Morgan fingerprint density at radius 2 is 1.00 bits per heavy atom. The minimum absolute atomic E-state index is 0.727. The first-order chi connectivity index (χ1) is 14.5. The van der Waals surface area contributed by atoms with Gasteiger partial charge >= 0.3 is 0 Å². The van der Waals surface area contributed by atoms with Crippen molar-refractivity contribution in [2.75, 3.05) is 0 Å². The first kappa shape index (κ1) is 19.2. The summed E-state index contributed by atoms with van der Waals surface area (Å²) in [4.78, 5) is 8.89. The Bertz CT molecular complexity index is 1110. The van der Waals surface area contributed by atoms with E-state index in [1.807, 2.05) is 52.0 Å². The number of pyridine rings is 2. The third-order valence-corrected chi connectivity index (χ3v) is 4.38. The van der Waals surface area contributed by atoms with E-state index in [1.54, 1.807) is 34.2 Å². The van der Waals surface area contributed by atoms with Gasteiger partial charge in [0.05, 0.1) is 23.8 Å². The molecule has 0 spiro atoms. The summed E-state index contributed by atoms with van der Waals surface area (Å²) < 4.78 is 3.37. The van der Waals surface area contributed by atoms with Crippen LogP contribution in [0.2, 0.25) is 0 Å². The molecule has 4 aromatic rings. The van der Waals surface area contributed by atoms with Gasteiger partial charge < -0.3 is 0 Å². The molecule has 0 aromatic carbocycles. The van der Waals surface area contributed by atoms with Crippen molar-refractivity contribution in [3.63, 3.8) is 0 Å². The fourth-order valence-corrected chi connectivity index (χ4v) is 2.84. The first-order valence-corrected chi connectivity index (χ1v) is 9.29. The average Bonchev–Trinajstić information content (AvgIpc) is 3.25. The lowest BCUT2D eigenvalue weighted by Crippen LogP contribution is -1.98. The van der Waals surface area contributed by atoms with E-state index in [0.29, 0.717) is 0 Å². The fourth-order valence-electron chi connectivity index (χ4n) is 2.84. The molecule has 0 saturated carbocycles. The van der Waals surface area contributed by atoms with Crippen LogP contribution in [-0.4, -0.2) is 52.1 Å². The van der Waals surface area contributed by atoms with Gasteiger partial charge in [-0.25, -0.2) is 9.35 Å². The largest absolute Gasteiger partial charge is 0.255 e. The molecule has 0 radical (unpaired) electrons. The zero-order valence-electron chi connectivity index (χ0n) is 17.1. The lowest BCUT2D eigenvalue weighted by Gasteiger charge is -2.03.